The van der Waals surface area contributed by atoms with Gasteiger partial charge < -0.3 is 5.73 Å². The van der Waals surface area contributed by atoms with Gasteiger partial charge in [-0.05, 0) is 19.8 Å². The molecule has 84 valence electrons. The number of aryl methyl sites for hydroxylation is 1. The molecule has 2 N–H and O–H groups in total. The lowest BCUT2D eigenvalue weighted by atomic mass is 9.86. The molecule has 1 aliphatic rings. The summed E-state index contributed by atoms with van der Waals surface area (Å²) in [6.45, 7) is 3.70. The van der Waals surface area contributed by atoms with Gasteiger partial charge in [0.05, 0.1) is 5.69 Å². The van der Waals surface area contributed by atoms with E-state index in [9.17, 15) is 0 Å². The second kappa shape index (κ2) is 4.79. The molecule has 0 amide bonds. The van der Waals surface area contributed by atoms with Gasteiger partial charge in [0.15, 0.2) is 0 Å². The van der Waals surface area contributed by atoms with Crippen LogP contribution >= 0.6 is 0 Å². The molecular formula is C12H21N3. The lowest BCUT2D eigenvalue weighted by Gasteiger charge is -2.20. The van der Waals surface area contributed by atoms with Gasteiger partial charge in [0.2, 0.25) is 0 Å². The first-order chi connectivity index (χ1) is 7.35. The Morgan fingerprint density at radius 2 is 2.13 bits per heavy atom. The minimum atomic E-state index is 0.631. The first kappa shape index (κ1) is 10.7. The zero-order chi connectivity index (χ0) is 10.7. The smallest absolute Gasteiger partial charge is 0.0700 e. The Hall–Kier alpha value is -0.830. The SMILES string of the molecule is CCn1cc(CN)c(C2CCCCC2)n1. The highest BCUT2D eigenvalue weighted by atomic mass is 15.3. The largest absolute Gasteiger partial charge is 0.326 e. The zero-order valence-electron chi connectivity index (χ0n) is 9.58. The average Bonchev–Trinajstić information content (AvgIpc) is 2.73. The molecule has 1 saturated carbocycles. The van der Waals surface area contributed by atoms with E-state index in [2.05, 4.69) is 18.2 Å². The fourth-order valence-corrected chi connectivity index (χ4v) is 2.52. The maximum Gasteiger partial charge on any atom is 0.0700 e. The molecule has 3 heteroatoms. The number of nitrogens with two attached hydrogens (primary N) is 1. The lowest BCUT2D eigenvalue weighted by Crippen LogP contribution is -2.09. The highest BCUT2D eigenvalue weighted by Crippen LogP contribution is 2.33. The Kier molecular flexibility index (Phi) is 3.41. The van der Waals surface area contributed by atoms with Crippen LogP contribution in [0.3, 0.4) is 0 Å². The minimum Gasteiger partial charge on any atom is -0.326 e. The van der Waals surface area contributed by atoms with Gasteiger partial charge in [-0.25, -0.2) is 0 Å². The predicted octanol–water partition coefficient (Wildman–Crippen LogP) is 2.41. The monoisotopic (exact) mass is 207 g/mol. The molecule has 0 spiro atoms. The van der Waals surface area contributed by atoms with E-state index in [1.54, 1.807) is 0 Å². The number of nitrogens with zero attached hydrogens (tertiary/aromatic N) is 2. The molecule has 15 heavy (non-hydrogen) atoms. The van der Waals surface area contributed by atoms with E-state index in [1.807, 2.05) is 4.68 Å². The van der Waals surface area contributed by atoms with Crippen molar-refractivity contribution in [1.29, 1.82) is 0 Å². The highest BCUT2D eigenvalue weighted by molar-refractivity contribution is 5.21. The van der Waals surface area contributed by atoms with Gasteiger partial charge in [-0.1, -0.05) is 19.3 Å². The number of aromatic nitrogens is 2. The van der Waals surface area contributed by atoms with Crippen LogP contribution in [0.5, 0.6) is 0 Å². The van der Waals surface area contributed by atoms with Crippen LogP contribution in [-0.2, 0) is 13.1 Å². The topological polar surface area (TPSA) is 43.8 Å². The lowest BCUT2D eigenvalue weighted by molar-refractivity contribution is 0.430. The maximum atomic E-state index is 5.77. The van der Waals surface area contributed by atoms with Crippen LogP contribution in [0.1, 0.15) is 56.2 Å². The summed E-state index contributed by atoms with van der Waals surface area (Å²) >= 11 is 0. The molecule has 1 heterocycles. The third-order valence-corrected chi connectivity index (χ3v) is 3.41. The van der Waals surface area contributed by atoms with Crippen molar-refractivity contribution in [3.63, 3.8) is 0 Å². The van der Waals surface area contributed by atoms with Crippen LogP contribution in [0, 0.1) is 0 Å². The van der Waals surface area contributed by atoms with E-state index in [0.717, 1.165) is 6.54 Å². The van der Waals surface area contributed by atoms with Crippen molar-refractivity contribution in [3.05, 3.63) is 17.5 Å². The quantitative estimate of drug-likeness (QED) is 0.827. The molecule has 0 saturated heterocycles. The van der Waals surface area contributed by atoms with Crippen molar-refractivity contribution < 1.29 is 0 Å². The van der Waals surface area contributed by atoms with Crippen molar-refractivity contribution in [2.24, 2.45) is 5.73 Å². The second-order valence-electron chi connectivity index (χ2n) is 4.43. The normalized spacial score (nSPS) is 18.3. The first-order valence-electron chi connectivity index (χ1n) is 6.11. The molecule has 3 nitrogen and oxygen atoms in total. The van der Waals surface area contributed by atoms with Crippen LogP contribution in [0.4, 0.5) is 0 Å². The molecule has 0 aliphatic heterocycles. The van der Waals surface area contributed by atoms with Crippen molar-refractivity contribution in [2.45, 2.75) is 58.0 Å². The Labute approximate surface area is 91.7 Å². The summed E-state index contributed by atoms with van der Waals surface area (Å²) in [5, 5.41) is 4.66. The van der Waals surface area contributed by atoms with Gasteiger partial charge in [-0.15, -0.1) is 0 Å². The van der Waals surface area contributed by atoms with Gasteiger partial charge in [0.1, 0.15) is 0 Å². The fourth-order valence-electron chi connectivity index (χ4n) is 2.52. The first-order valence-corrected chi connectivity index (χ1v) is 6.11. The third kappa shape index (κ3) is 2.23. The summed E-state index contributed by atoms with van der Waals surface area (Å²) in [5.41, 5.74) is 8.30. The predicted molar refractivity (Wildman–Crippen MR) is 61.6 cm³/mol. The molecule has 0 radical (unpaired) electrons. The summed E-state index contributed by atoms with van der Waals surface area (Å²) < 4.78 is 2.02. The Morgan fingerprint density at radius 3 is 2.73 bits per heavy atom. The van der Waals surface area contributed by atoms with Gasteiger partial charge in [-0.3, -0.25) is 4.68 Å². The van der Waals surface area contributed by atoms with E-state index in [0.29, 0.717) is 12.5 Å². The van der Waals surface area contributed by atoms with E-state index in [1.165, 1.54) is 43.4 Å². The van der Waals surface area contributed by atoms with Gasteiger partial charge in [-0.2, -0.15) is 5.10 Å². The van der Waals surface area contributed by atoms with Crippen molar-refractivity contribution in [3.8, 4) is 0 Å². The van der Waals surface area contributed by atoms with Gasteiger partial charge in [0.25, 0.3) is 0 Å². The van der Waals surface area contributed by atoms with Crippen molar-refractivity contribution in [2.75, 3.05) is 0 Å². The molecule has 1 aliphatic carbocycles. The summed E-state index contributed by atoms with van der Waals surface area (Å²) in [5.74, 6) is 0.671. The van der Waals surface area contributed by atoms with Crippen LogP contribution in [0.25, 0.3) is 0 Å². The molecule has 2 rings (SSSR count). The van der Waals surface area contributed by atoms with E-state index in [-0.39, 0.29) is 0 Å². The highest BCUT2D eigenvalue weighted by Gasteiger charge is 2.20. The molecule has 1 aromatic heterocycles. The van der Waals surface area contributed by atoms with Crippen LogP contribution < -0.4 is 5.73 Å². The molecule has 1 aromatic rings. The molecule has 0 atom stereocenters. The number of hydrogen-bond acceptors (Lipinski definition) is 2. The van der Waals surface area contributed by atoms with E-state index in [4.69, 9.17) is 5.73 Å². The molecular weight excluding hydrogens is 186 g/mol. The van der Waals surface area contributed by atoms with Crippen LogP contribution in [-0.4, -0.2) is 9.78 Å². The average molecular weight is 207 g/mol. The summed E-state index contributed by atoms with van der Waals surface area (Å²) in [4.78, 5) is 0. The van der Waals surface area contributed by atoms with Crippen molar-refractivity contribution in [1.82, 2.24) is 9.78 Å². The Bertz CT molecular complexity index is 311. The summed E-state index contributed by atoms with van der Waals surface area (Å²) in [6.07, 6.45) is 8.82. The number of hydrogen-bond donors (Lipinski definition) is 1. The summed E-state index contributed by atoms with van der Waals surface area (Å²) in [7, 11) is 0. The van der Waals surface area contributed by atoms with Crippen LogP contribution in [0.2, 0.25) is 0 Å². The molecule has 1 fully saturated rings. The fraction of sp³-hybridized carbons (Fsp3) is 0.750. The standard InChI is InChI=1S/C12H21N3/c1-2-15-9-11(8-13)12(14-15)10-6-4-3-5-7-10/h9-10H,2-8,13H2,1H3. The van der Waals surface area contributed by atoms with E-state index >= 15 is 0 Å². The molecule has 0 bridgehead atoms. The van der Waals surface area contributed by atoms with Gasteiger partial charge in [0, 0.05) is 30.8 Å². The number of rotatable bonds is 3. The second-order valence-corrected chi connectivity index (χ2v) is 4.43. The minimum absolute atomic E-state index is 0.631. The van der Waals surface area contributed by atoms with Crippen molar-refractivity contribution >= 4 is 0 Å². The zero-order valence-corrected chi connectivity index (χ0v) is 9.58. The summed E-state index contributed by atoms with van der Waals surface area (Å²) in [6, 6.07) is 0. The van der Waals surface area contributed by atoms with Crippen LogP contribution in [0.15, 0.2) is 6.20 Å². The van der Waals surface area contributed by atoms with E-state index < -0.39 is 0 Å². The molecule has 0 unspecified atom stereocenters. The molecule has 0 aromatic carbocycles. The van der Waals surface area contributed by atoms with Gasteiger partial charge >= 0.3 is 0 Å². The third-order valence-electron chi connectivity index (χ3n) is 3.41. The maximum absolute atomic E-state index is 5.77. The Morgan fingerprint density at radius 1 is 1.40 bits per heavy atom. The Balaban J connectivity index is 2.20.